The van der Waals surface area contributed by atoms with Crippen molar-refractivity contribution in [1.82, 2.24) is 15.2 Å². The van der Waals surface area contributed by atoms with Crippen molar-refractivity contribution in [2.24, 2.45) is 5.92 Å². The number of hydrogen-bond donors (Lipinski definition) is 2. The highest BCUT2D eigenvalue weighted by atomic mass is 35.5. The molecule has 5 rings (SSSR count). The van der Waals surface area contributed by atoms with Gasteiger partial charge in [0.15, 0.2) is 0 Å². The van der Waals surface area contributed by atoms with Crippen molar-refractivity contribution >= 4 is 17.5 Å². The number of aromatic amines is 1. The number of halogens is 1. The SMILES string of the molecule is CCc1[nH]c2c(c1-c1ccc(OC3CCN(C)CC3)cc1)CC(C(=O)NC(c1ccccc1Cl)C(C)C)=CC2. The molecule has 0 spiro atoms. The normalized spacial score (nSPS) is 17.0. The van der Waals surface area contributed by atoms with Crippen molar-refractivity contribution in [3.63, 3.8) is 0 Å². The Labute approximate surface area is 237 Å². The zero-order valence-electron chi connectivity index (χ0n) is 23.5. The van der Waals surface area contributed by atoms with Gasteiger partial charge in [-0.1, -0.05) is 68.8 Å². The molecule has 2 N–H and O–H groups in total. The second kappa shape index (κ2) is 12.0. The Kier molecular flexibility index (Phi) is 8.49. The van der Waals surface area contributed by atoms with Crippen molar-refractivity contribution in [2.75, 3.05) is 20.1 Å². The Morgan fingerprint density at radius 1 is 1.13 bits per heavy atom. The fraction of sp³-hybridized carbons (Fsp3) is 0.424. The van der Waals surface area contributed by atoms with E-state index in [1.54, 1.807) is 0 Å². The maximum Gasteiger partial charge on any atom is 0.247 e. The lowest BCUT2D eigenvalue weighted by atomic mass is 9.89. The molecule has 1 aromatic heterocycles. The number of piperidine rings is 1. The zero-order chi connectivity index (χ0) is 27.5. The molecule has 1 aliphatic carbocycles. The van der Waals surface area contributed by atoms with Gasteiger partial charge in [0.2, 0.25) is 5.91 Å². The van der Waals surface area contributed by atoms with E-state index in [-0.39, 0.29) is 24.0 Å². The van der Waals surface area contributed by atoms with Crippen LogP contribution in [-0.4, -0.2) is 42.0 Å². The first-order valence-electron chi connectivity index (χ1n) is 14.3. The van der Waals surface area contributed by atoms with E-state index in [0.717, 1.165) is 61.2 Å². The highest BCUT2D eigenvalue weighted by molar-refractivity contribution is 6.31. The summed E-state index contributed by atoms with van der Waals surface area (Å²) in [5.41, 5.74) is 7.80. The number of amides is 1. The highest BCUT2D eigenvalue weighted by Crippen LogP contribution is 2.37. The quantitative estimate of drug-likeness (QED) is 0.323. The predicted molar refractivity (Wildman–Crippen MR) is 159 cm³/mol. The second-order valence-corrected chi connectivity index (χ2v) is 11.7. The number of allylic oxidation sites excluding steroid dienone is 1. The molecular formula is C33H40ClN3O2. The molecule has 5 nitrogen and oxygen atoms in total. The minimum absolute atomic E-state index is 0.0219. The number of H-pyrrole nitrogens is 1. The zero-order valence-corrected chi connectivity index (χ0v) is 24.3. The molecule has 2 heterocycles. The number of likely N-dealkylation sites (tertiary alicyclic amines) is 1. The van der Waals surface area contributed by atoms with Crippen LogP contribution in [0.15, 0.2) is 60.2 Å². The van der Waals surface area contributed by atoms with Gasteiger partial charge in [-0.05, 0) is 67.1 Å². The smallest absolute Gasteiger partial charge is 0.247 e. The molecule has 2 aliphatic rings. The Morgan fingerprint density at radius 2 is 1.85 bits per heavy atom. The van der Waals surface area contributed by atoms with Crippen LogP contribution in [0.1, 0.15) is 62.2 Å². The number of nitrogens with zero attached hydrogens (tertiary/aromatic N) is 1. The summed E-state index contributed by atoms with van der Waals surface area (Å²) in [6, 6.07) is 16.1. The third kappa shape index (κ3) is 6.10. The van der Waals surface area contributed by atoms with Gasteiger partial charge in [0.25, 0.3) is 0 Å². The van der Waals surface area contributed by atoms with Gasteiger partial charge in [-0.25, -0.2) is 0 Å². The Morgan fingerprint density at radius 3 is 2.51 bits per heavy atom. The van der Waals surface area contributed by atoms with Crippen LogP contribution in [0.25, 0.3) is 11.1 Å². The number of carbonyl (C=O) groups is 1. The van der Waals surface area contributed by atoms with Crippen molar-refractivity contribution in [3.05, 3.63) is 87.7 Å². The fourth-order valence-corrected chi connectivity index (χ4v) is 6.11. The lowest BCUT2D eigenvalue weighted by molar-refractivity contribution is -0.118. The Bertz CT molecular complexity index is 1330. The minimum atomic E-state index is -0.150. The number of hydrogen-bond acceptors (Lipinski definition) is 3. The van der Waals surface area contributed by atoms with Gasteiger partial charge in [0.1, 0.15) is 11.9 Å². The molecule has 1 amide bonds. The maximum atomic E-state index is 13.5. The molecule has 2 aromatic carbocycles. The van der Waals surface area contributed by atoms with Gasteiger partial charge in [-0.2, -0.15) is 0 Å². The average Bonchev–Trinajstić information content (AvgIpc) is 3.31. The fourth-order valence-electron chi connectivity index (χ4n) is 5.86. The van der Waals surface area contributed by atoms with Gasteiger partial charge in [0, 0.05) is 53.5 Å². The molecule has 1 atom stereocenters. The summed E-state index contributed by atoms with van der Waals surface area (Å²) < 4.78 is 6.29. The summed E-state index contributed by atoms with van der Waals surface area (Å²) in [5, 5.41) is 3.96. The highest BCUT2D eigenvalue weighted by Gasteiger charge is 2.27. The van der Waals surface area contributed by atoms with Crippen LogP contribution in [-0.2, 0) is 24.1 Å². The van der Waals surface area contributed by atoms with Gasteiger partial charge < -0.3 is 19.9 Å². The second-order valence-electron chi connectivity index (χ2n) is 11.3. The van der Waals surface area contributed by atoms with Gasteiger partial charge in [0.05, 0.1) is 6.04 Å². The topological polar surface area (TPSA) is 57.4 Å². The molecular weight excluding hydrogens is 506 g/mol. The third-order valence-electron chi connectivity index (χ3n) is 8.14. The van der Waals surface area contributed by atoms with Crippen LogP contribution >= 0.6 is 11.6 Å². The summed E-state index contributed by atoms with van der Waals surface area (Å²) in [5.74, 6) is 1.11. The monoisotopic (exact) mass is 545 g/mol. The number of ether oxygens (including phenoxy) is 1. The number of rotatable bonds is 8. The van der Waals surface area contributed by atoms with Crippen LogP contribution < -0.4 is 10.1 Å². The third-order valence-corrected chi connectivity index (χ3v) is 8.48. The molecule has 0 radical (unpaired) electrons. The summed E-state index contributed by atoms with van der Waals surface area (Å²) in [7, 11) is 2.17. The maximum absolute atomic E-state index is 13.5. The molecule has 206 valence electrons. The van der Waals surface area contributed by atoms with E-state index in [4.69, 9.17) is 16.3 Å². The van der Waals surface area contributed by atoms with Gasteiger partial charge in [-0.3, -0.25) is 4.79 Å². The van der Waals surface area contributed by atoms with Crippen LogP contribution in [0.5, 0.6) is 5.75 Å². The van der Waals surface area contributed by atoms with Crippen LogP contribution in [0.2, 0.25) is 5.02 Å². The van der Waals surface area contributed by atoms with Crippen molar-refractivity contribution in [3.8, 4) is 16.9 Å². The molecule has 1 unspecified atom stereocenters. The summed E-state index contributed by atoms with van der Waals surface area (Å²) in [6.07, 6.45) is 6.71. The average molecular weight is 546 g/mol. The van der Waals surface area contributed by atoms with Crippen LogP contribution in [0.3, 0.4) is 0 Å². The molecule has 1 aliphatic heterocycles. The van der Waals surface area contributed by atoms with E-state index in [0.29, 0.717) is 11.4 Å². The molecule has 39 heavy (non-hydrogen) atoms. The number of carbonyl (C=O) groups excluding carboxylic acids is 1. The lowest BCUT2D eigenvalue weighted by Crippen LogP contribution is -2.35. The first-order chi connectivity index (χ1) is 18.8. The van der Waals surface area contributed by atoms with Crippen LogP contribution in [0.4, 0.5) is 0 Å². The molecule has 6 heteroatoms. The molecule has 3 aromatic rings. The number of benzene rings is 2. The lowest BCUT2D eigenvalue weighted by Gasteiger charge is -2.29. The first kappa shape index (κ1) is 27.5. The van der Waals surface area contributed by atoms with E-state index >= 15 is 0 Å². The van der Waals surface area contributed by atoms with E-state index in [1.165, 1.54) is 22.5 Å². The number of aromatic nitrogens is 1. The van der Waals surface area contributed by atoms with Crippen LogP contribution in [0, 0.1) is 5.92 Å². The summed E-state index contributed by atoms with van der Waals surface area (Å²) >= 11 is 6.50. The largest absolute Gasteiger partial charge is 0.490 e. The van der Waals surface area contributed by atoms with Gasteiger partial charge in [-0.15, -0.1) is 0 Å². The van der Waals surface area contributed by atoms with E-state index in [1.807, 2.05) is 24.3 Å². The number of fused-ring (bicyclic) bond motifs is 1. The first-order valence-corrected chi connectivity index (χ1v) is 14.6. The molecule has 0 bridgehead atoms. The van der Waals surface area contributed by atoms with E-state index in [2.05, 4.69) is 73.4 Å². The Hall–Kier alpha value is -3.02. The van der Waals surface area contributed by atoms with Crippen molar-refractivity contribution in [2.45, 2.75) is 65.0 Å². The number of nitrogens with one attached hydrogen (secondary N) is 2. The number of aryl methyl sites for hydroxylation is 1. The summed E-state index contributed by atoms with van der Waals surface area (Å²) in [4.78, 5) is 19.5. The predicted octanol–water partition coefficient (Wildman–Crippen LogP) is 6.91. The van der Waals surface area contributed by atoms with Crippen molar-refractivity contribution in [1.29, 1.82) is 0 Å². The van der Waals surface area contributed by atoms with Gasteiger partial charge >= 0.3 is 0 Å². The molecule has 1 saturated heterocycles. The van der Waals surface area contributed by atoms with Crippen molar-refractivity contribution < 1.29 is 9.53 Å². The standard InChI is InChI=1S/C33H40ClN3O2/c1-5-29-31(22-10-13-24(14-11-22)39-25-16-18-37(4)19-17-25)27-20-23(12-15-30(27)35-29)33(38)36-32(21(2)3)26-8-6-7-9-28(26)34/h6-14,21,25,32,35H,5,15-20H2,1-4H3,(H,36,38). The Balaban J connectivity index is 1.34. The molecule has 1 fully saturated rings. The molecule has 0 saturated carbocycles. The van der Waals surface area contributed by atoms with E-state index in [9.17, 15) is 4.79 Å². The minimum Gasteiger partial charge on any atom is -0.490 e. The summed E-state index contributed by atoms with van der Waals surface area (Å²) in [6.45, 7) is 8.56. The van der Waals surface area contributed by atoms with E-state index < -0.39 is 0 Å².